The molecule has 4 rings (SSSR count). The molecule has 6 atom stereocenters. The highest BCUT2D eigenvalue weighted by molar-refractivity contribution is 5.89. The van der Waals surface area contributed by atoms with Crippen molar-refractivity contribution in [3.05, 3.63) is 64.2 Å². The molecule has 1 aliphatic heterocycles. The molecule has 240 valence electrons. The summed E-state index contributed by atoms with van der Waals surface area (Å²) in [6.45, 7) is 11.8. The Morgan fingerprint density at radius 1 is 0.977 bits per heavy atom. The van der Waals surface area contributed by atoms with E-state index in [9.17, 15) is 30.3 Å². The molecule has 0 aromatic heterocycles. The molecule has 10 heteroatoms. The highest BCUT2D eigenvalue weighted by Crippen LogP contribution is 2.50. The second kappa shape index (κ2) is 14.0. The molecule has 2 aliphatic rings. The highest BCUT2D eigenvalue weighted by Gasteiger charge is 2.43. The van der Waals surface area contributed by atoms with Gasteiger partial charge in [0.15, 0.2) is 6.29 Å². The van der Waals surface area contributed by atoms with Crippen LogP contribution in [-0.2, 0) is 25.0 Å². The third-order valence-corrected chi connectivity index (χ3v) is 8.45. The summed E-state index contributed by atoms with van der Waals surface area (Å²) in [6.07, 6.45) is -6.84. The van der Waals surface area contributed by atoms with Crippen LogP contribution in [0.1, 0.15) is 86.2 Å². The van der Waals surface area contributed by atoms with Gasteiger partial charge >= 0.3 is 5.97 Å². The molecule has 1 fully saturated rings. The fraction of sp³-hybridized carbons (Fsp3) is 0.559. The molecule has 1 saturated heterocycles. The first-order valence-corrected chi connectivity index (χ1v) is 15.0. The van der Waals surface area contributed by atoms with Gasteiger partial charge in [-0.15, -0.1) is 0 Å². The molecule has 10 nitrogen and oxygen atoms in total. The molecular weight excluding hydrogens is 568 g/mol. The Morgan fingerprint density at radius 3 is 2.34 bits per heavy atom. The Bertz CT molecular complexity index is 1360. The lowest BCUT2D eigenvalue weighted by Crippen LogP contribution is -2.58. The van der Waals surface area contributed by atoms with E-state index in [1.54, 1.807) is 12.1 Å². The molecule has 1 aliphatic carbocycles. The van der Waals surface area contributed by atoms with E-state index in [0.29, 0.717) is 30.9 Å². The summed E-state index contributed by atoms with van der Waals surface area (Å²) in [6, 6.07) is 10.2. The van der Waals surface area contributed by atoms with E-state index in [4.69, 9.17) is 18.9 Å². The van der Waals surface area contributed by atoms with Crippen LogP contribution in [0.2, 0.25) is 0 Å². The maximum absolute atomic E-state index is 12.5. The summed E-state index contributed by atoms with van der Waals surface area (Å²) in [5, 5.41) is 50.2. The first kappa shape index (κ1) is 33.9. The van der Waals surface area contributed by atoms with Crippen LogP contribution in [0.5, 0.6) is 5.75 Å². The third kappa shape index (κ3) is 7.61. The van der Waals surface area contributed by atoms with Crippen molar-refractivity contribution >= 4 is 5.97 Å². The van der Waals surface area contributed by atoms with Crippen molar-refractivity contribution in [2.45, 2.75) is 95.1 Å². The van der Waals surface area contributed by atoms with E-state index >= 15 is 0 Å². The predicted molar refractivity (Wildman–Crippen MR) is 161 cm³/mol. The number of benzene rings is 2. The van der Waals surface area contributed by atoms with Gasteiger partial charge in [0.1, 0.15) is 49.5 Å². The number of aliphatic hydroxyl groups excluding tert-OH is 5. The second-order valence-electron chi connectivity index (χ2n) is 12.6. The van der Waals surface area contributed by atoms with Crippen molar-refractivity contribution < 1.29 is 49.3 Å². The van der Waals surface area contributed by atoms with E-state index < -0.39 is 49.4 Å². The van der Waals surface area contributed by atoms with Crippen molar-refractivity contribution in [3.8, 4) is 17.6 Å². The Balaban J connectivity index is 1.47. The monoisotopic (exact) mass is 612 g/mol. The summed E-state index contributed by atoms with van der Waals surface area (Å²) in [5.41, 5.74) is 3.54. The lowest BCUT2D eigenvalue weighted by molar-refractivity contribution is -0.286. The molecule has 0 radical (unpaired) electrons. The van der Waals surface area contributed by atoms with Crippen molar-refractivity contribution in [1.29, 1.82) is 0 Å². The van der Waals surface area contributed by atoms with Gasteiger partial charge in [-0.25, -0.2) is 4.79 Å². The normalized spacial score (nSPS) is 26.1. The van der Waals surface area contributed by atoms with Crippen molar-refractivity contribution in [2.24, 2.45) is 0 Å². The first-order valence-electron chi connectivity index (χ1n) is 15.0. The molecule has 2 unspecified atom stereocenters. The zero-order valence-electron chi connectivity index (χ0n) is 25.9. The first-order chi connectivity index (χ1) is 20.7. The number of hydrogen-bond donors (Lipinski definition) is 5. The highest BCUT2D eigenvalue weighted by atomic mass is 16.6. The second-order valence-corrected chi connectivity index (χ2v) is 12.6. The molecule has 5 N–H and O–H groups in total. The van der Waals surface area contributed by atoms with Crippen molar-refractivity contribution in [3.63, 3.8) is 0 Å². The molecule has 0 spiro atoms. The Morgan fingerprint density at radius 2 is 1.66 bits per heavy atom. The fourth-order valence-electron chi connectivity index (χ4n) is 5.61. The summed E-state index contributed by atoms with van der Waals surface area (Å²) in [4.78, 5) is 12.5. The van der Waals surface area contributed by atoms with E-state index in [0.717, 1.165) is 29.7 Å². The van der Waals surface area contributed by atoms with Gasteiger partial charge in [0.2, 0.25) is 0 Å². The lowest BCUT2D eigenvalue weighted by atomic mass is 9.62. The van der Waals surface area contributed by atoms with Crippen molar-refractivity contribution in [2.75, 3.05) is 26.4 Å². The maximum Gasteiger partial charge on any atom is 0.338 e. The quantitative estimate of drug-likeness (QED) is 0.162. The minimum atomic E-state index is -1.72. The van der Waals surface area contributed by atoms with E-state index in [1.165, 1.54) is 12.1 Å². The molecular formula is C34H44O10. The summed E-state index contributed by atoms with van der Waals surface area (Å²) in [5.74, 6) is 5.89. The van der Waals surface area contributed by atoms with Crippen LogP contribution in [0.4, 0.5) is 0 Å². The van der Waals surface area contributed by atoms with Gasteiger partial charge in [0.25, 0.3) is 0 Å². The van der Waals surface area contributed by atoms with E-state index in [-0.39, 0.29) is 16.4 Å². The van der Waals surface area contributed by atoms with Gasteiger partial charge in [-0.3, -0.25) is 0 Å². The van der Waals surface area contributed by atoms with E-state index in [2.05, 4.69) is 39.5 Å². The fourth-order valence-corrected chi connectivity index (χ4v) is 5.61. The standard InChI is InChI=1S/C34H44O10/c1-6-41-15-16-42-25-18-22(17-23-27(25)34(4,5)14-13-33(23,2)3)24(35)12-9-20-7-10-21(11-8-20)31(39)43-19-26-28(36)29(37)30(38)32(40)44-26/h7-8,10-11,17-18,24,26,28-30,32,35-38,40H,6,13-16,19H2,1-5H3/t24?,26-,28+,29+,30-,32?/m1/s1. The minimum absolute atomic E-state index is 0.0852. The minimum Gasteiger partial charge on any atom is -0.491 e. The molecule has 44 heavy (non-hydrogen) atoms. The number of aliphatic hydroxyl groups is 5. The van der Waals surface area contributed by atoms with Gasteiger partial charge in [-0.2, -0.15) is 0 Å². The van der Waals surface area contributed by atoms with E-state index in [1.807, 2.05) is 19.1 Å². The van der Waals surface area contributed by atoms with Crippen LogP contribution in [0, 0.1) is 11.8 Å². The SMILES string of the molecule is CCOCCOc1cc(C(O)C#Cc2ccc(C(=O)OC[C@H]3OC(O)[C@H](O)[C@@H](O)[C@H]3O)cc2)cc2c1C(C)(C)CCC2(C)C. The third-order valence-electron chi connectivity index (χ3n) is 8.45. The zero-order chi connectivity index (χ0) is 32.2. The number of carbonyl (C=O) groups is 1. The Labute approximate surface area is 258 Å². The van der Waals surface area contributed by atoms with Crippen LogP contribution in [0.3, 0.4) is 0 Å². The summed E-state index contributed by atoms with van der Waals surface area (Å²) < 4.78 is 21.9. The van der Waals surface area contributed by atoms with Gasteiger partial charge < -0.3 is 44.5 Å². The number of esters is 1. The van der Waals surface area contributed by atoms with Gasteiger partial charge in [0, 0.05) is 17.7 Å². The number of carbonyl (C=O) groups excluding carboxylic acids is 1. The van der Waals surface area contributed by atoms with Crippen LogP contribution in [0.15, 0.2) is 36.4 Å². The smallest absolute Gasteiger partial charge is 0.338 e. The van der Waals surface area contributed by atoms with Gasteiger partial charge in [0.05, 0.1) is 12.2 Å². The average molecular weight is 613 g/mol. The van der Waals surface area contributed by atoms with Crippen LogP contribution >= 0.6 is 0 Å². The van der Waals surface area contributed by atoms with Crippen molar-refractivity contribution in [1.82, 2.24) is 0 Å². The number of fused-ring (bicyclic) bond motifs is 1. The van der Waals surface area contributed by atoms with Crippen LogP contribution < -0.4 is 4.74 Å². The molecule has 2 aromatic carbocycles. The summed E-state index contributed by atoms with van der Waals surface area (Å²) >= 11 is 0. The van der Waals surface area contributed by atoms with Crippen LogP contribution in [0.25, 0.3) is 0 Å². The maximum atomic E-state index is 12.5. The van der Waals surface area contributed by atoms with Crippen LogP contribution in [-0.4, -0.2) is 88.6 Å². The number of hydrogen-bond acceptors (Lipinski definition) is 10. The van der Waals surface area contributed by atoms with Gasteiger partial charge in [-0.1, -0.05) is 45.6 Å². The average Bonchev–Trinajstić information content (AvgIpc) is 3.00. The molecule has 0 saturated carbocycles. The number of ether oxygens (including phenoxy) is 4. The predicted octanol–water partition coefficient (Wildman–Crippen LogP) is 2.49. The molecule has 0 amide bonds. The zero-order valence-corrected chi connectivity index (χ0v) is 25.9. The lowest BCUT2D eigenvalue weighted by Gasteiger charge is -2.43. The summed E-state index contributed by atoms with van der Waals surface area (Å²) in [7, 11) is 0. The largest absolute Gasteiger partial charge is 0.491 e. The Kier molecular flexibility index (Phi) is 10.7. The topological polar surface area (TPSA) is 155 Å². The molecule has 1 heterocycles. The molecule has 2 aromatic rings. The van der Waals surface area contributed by atoms with Gasteiger partial charge in [-0.05, 0) is 72.1 Å². The Hall–Kier alpha value is -3.01. The number of rotatable bonds is 9. The molecule has 0 bridgehead atoms.